The number of fused-ring (bicyclic) bond motifs is 2. The first kappa shape index (κ1) is 14.2. The predicted octanol–water partition coefficient (Wildman–Crippen LogP) is -3.36. The highest BCUT2D eigenvalue weighted by molar-refractivity contribution is 5.82. The molecule has 0 fully saturated rings. The molecule has 21 heavy (non-hydrogen) atoms. The van der Waals surface area contributed by atoms with Crippen LogP contribution in [-0.2, 0) is 19.1 Å². The van der Waals surface area contributed by atoms with Crippen LogP contribution in [0.3, 0.4) is 0 Å². The van der Waals surface area contributed by atoms with Crippen molar-refractivity contribution in [3.05, 3.63) is 41.2 Å². The molecule has 0 saturated carbocycles. The normalized spacial score (nSPS) is 29.3. The van der Waals surface area contributed by atoms with Gasteiger partial charge in [-0.25, -0.2) is 4.90 Å². The second-order valence-electron chi connectivity index (χ2n) is 5.41. The molecular weight excluding hydrogens is 290 g/mol. The highest BCUT2D eigenvalue weighted by Gasteiger charge is 2.45. The maximum atomic E-state index is 11.3. The van der Waals surface area contributed by atoms with E-state index in [9.17, 15) is 5.11 Å². The van der Waals surface area contributed by atoms with Crippen LogP contribution < -0.4 is 17.3 Å². The predicted molar refractivity (Wildman–Crippen MR) is 74.2 cm³/mol. The number of aliphatic hydroxyl groups is 1. The molecule has 4 rings (SSSR count). The molecule has 7 heteroatoms. The van der Waals surface area contributed by atoms with E-state index in [0.29, 0.717) is 12.1 Å². The summed E-state index contributed by atoms with van der Waals surface area (Å²) in [4.78, 5) is 9.65. The summed E-state index contributed by atoms with van der Waals surface area (Å²) in [6, 6.07) is 0. The first-order valence-electron chi connectivity index (χ1n) is 6.80. The number of allylic oxidation sites excluding steroid dienone is 1. The van der Waals surface area contributed by atoms with Gasteiger partial charge in [-0.3, -0.25) is 9.67 Å². The zero-order valence-electron chi connectivity index (χ0n) is 11.6. The monoisotopic (exact) mass is 305 g/mol. The number of halogens is 1. The third kappa shape index (κ3) is 1.91. The van der Waals surface area contributed by atoms with Crippen molar-refractivity contribution in [1.29, 1.82) is 0 Å². The van der Waals surface area contributed by atoms with Gasteiger partial charge in [-0.15, -0.1) is 0 Å². The van der Waals surface area contributed by atoms with E-state index in [4.69, 9.17) is 0 Å². The quantitative estimate of drug-likeness (QED) is 0.569. The Kier molecular flexibility index (Phi) is 3.32. The number of quaternary nitrogens is 1. The van der Waals surface area contributed by atoms with Crippen LogP contribution in [0.2, 0.25) is 0 Å². The van der Waals surface area contributed by atoms with Crippen LogP contribution in [0.4, 0.5) is 0 Å². The van der Waals surface area contributed by atoms with Crippen molar-refractivity contribution in [2.45, 2.75) is 24.9 Å². The molecule has 3 aliphatic rings. The summed E-state index contributed by atoms with van der Waals surface area (Å²) in [6.07, 6.45) is 11.6. The van der Waals surface area contributed by atoms with Crippen molar-refractivity contribution >= 4 is 12.6 Å². The summed E-state index contributed by atoms with van der Waals surface area (Å²) in [6.45, 7) is 0. The van der Waals surface area contributed by atoms with Gasteiger partial charge in [0.25, 0.3) is 0 Å². The summed E-state index contributed by atoms with van der Waals surface area (Å²) >= 11 is 0. The number of aryl methyl sites for hydroxylation is 1. The lowest BCUT2D eigenvalue weighted by atomic mass is 9.80. The fourth-order valence-electron chi connectivity index (χ4n) is 3.25. The second kappa shape index (κ2) is 4.91. The van der Waals surface area contributed by atoms with Crippen molar-refractivity contribution in [2.75, 3.05) is 0 Å². The highest BCUT2D eigenvalue weighted by Crippen LogP contribution is 2.41. The molecule has 0 amide bonds. The molecular formula is C14H16ClN5O. The fraction of sp³-hybridized carbons (Fsp3) is 0.357. The number of aromatic nitrogens is 2. The van der Waals surface area contributed by atoms with Crippen molar-refractivity contribution in [1.82, 2.24) is 9.78 Å². The molecule has 6 nitrogen and oxygen atoms in total. The van der Waals surface area contributed by atoms with Crippen molar-refractivity contribution in [2.24, 2.45) is 17.0 Å². The second-order valence-corrected chi connectivity index (χ2v) is 5.41. The zero-order valence-corrected chi connectivity index (χ0v) is 12.4. The summed E-state index contributed by atoms with van der Waals surface area (Å²) in [5.41, 5.74) is 2.56. The maximum Gasteiger partial charge on any atom is 0.198 e. The number of aliphatic imine (C=N–C) groups is 2. The average Bonchev–Trinajstić information content (AvgIpc) is 3.05. The molecule has 0 aromatic carbocycles. The van der Waals surface area contributed by atoms with E-state index in [1.807, 2.05) is 17.9 Å². The van der Waals surface area contributed by atoms with Crippen LogP contribution >= 0.6 is 0 Å². The van der Waals surface area contributed by atoms with E-state index in [1.165, 1.54) is 0 Å². The van der Waals surface area contributed by atoms with Gasteiger partial charge >= 0.3 is 0 Å². The first-order valence-corrected chi connectivity index (χ1v) is 6.80. The first-order chi connectivity index (χ1) is 9.70. The molecule has 1 aromatic rings. The maximum absolute atomic E-state index is 11.3. The highest BCUT2D eigenvalue weighted by atomic mass is 35.5. The fourth-order valence-corrected chi connectivity index (χ4v) is 3.25. The van der Waals surface area contributed by atoms with E-state index in [-0.39, 0.29) is 12.4 Å². The molecule has 2 aliphatic heterocycles. The van der Waals surface area contributed by atoms with Crippen molar-refractivity contribution in [3.8, 4) is 0 Å². The number of rotatable bonds is 1. The Morgan fingerprint density at radius 1 is 1.43 bits per heavy atom. The van der Waals surface area contributed by atoms with Gasteiger partial charge in [0.1, 0.15) is 17.5 Å². The number of nitrogens with zero attached hydrogens (tertiary/aromatic N) is 4. The molecule has 0 saturated heterocycles. The van der Waals surface area contributed by atoms with Gasteiger partial charge in [-0.2, -0.15) is 10.1 Å². The van der Waals surface area contributed by atoms with E-state index in [1.54, 1.807) is 24.9 Å². The Labute approximate surface area is 128 Å². The Morgan fingerprint density at radius 2 is 2.29 bits per heavy atom. The summed E-state index contributed by atoms with van der Waals surface area (Å²) in [5, 5.41) is 15.5. The molecule has 2 N–H and O–H groups in total. The van der Waals surface area contributed by atoms with Gasteiger partial charge < -0.3 is 17.5 Å². The zero-order chi connectivity index (χ0) is 13.7. The largest absolute Gasteiger partial charge is 1.00 e. The number of hydrogen-bond acceptors (Lipinski definition) is 4. The van der Waals surface area contributed by atoms with E-state index in [0.717, 1.165) is 34.7 Å². The Balaban J connectivity index is 0.00000132. The molecule has 2 unspecified atom stereocenters. The molecule has 0 radical (unpaired) electrons. The number of hydrogen-bond donors (Lipinski definition) is 2. The third-order valence-corrected chi connectivity index (χ3v) is 4.29. The van der Waals surface area contributed by atoms with Crippen LogP contribution in [0, 0.1) is 0 Å². The summed E-state index contributed by atoms with van der Waals surface area (Å²) in [7, 11) is 1.92. The minimum absolute atomic E-state index is 0. The van der Waals surface area contributed by atoms with Gasteiger partial charge in [-0.1, -0.05) is 0 Å². The van der Waals surface area contributed by atoms with Crippen LogP contribution in [0.25, 0.3) is 0 Å². The molecule has 1 aromatic heterocycles. The summed E-state index contributed by atoms with van der Waals surface area (Å²) in [5.74, 6) is 0. The van der Waals surface area contributed by atoms with Gasteiger partial charge in [0.15, 0.2) is 12.0 Å². The smallest absolute Gasteiger partial charge is 0.198 e. The van der Waals surface area contributed by atoms with Crippen LogP contribution in [0.15, 0.2) is 40.0 Å². The lowest BCUT2D eigenvalue weighted by molar-refractivity contribution is -0.682. The van der Waals surface area contributed by atoms with Crippen LogP contribution in [-0.4, -0.2) is 27.4 Å². The molecule has 0 spiro atoms. The van der Waals surface area contributed by atoms with Crippen molar-refractivity contribution < 1.29 is 22.4 Å². The van der Waals surface area contributed by atoms with E-state index in [2.05, 4.69) is 15.1 Å². The van der Waals surface area contributed by atoms with Crippen LogP contribution in [0.1, 0.15) is 24.1 Å². The minimum atomic E-state index is -1.05. The van der Waals surface area contributed by atoms with Gasteiger partial charge in [0.05, 0.1) is 18.6 Å². The van der Waals surface area contributed by atoms with Gasteiger partial charge in [0, 0.05) is 18.3 Å². The molecule has 1 aliphatic carbocycles. The Morgan fingerprint density at radius 3 is 3.14 bits per heavy atom. The molecule has 110 valence electrons. The van der Waals surface area contributed by atoms with Gasteiger partial charge in [-0.05, 0) is 19.3 Å². The minimum Gasteiger partial charge on any atom is -1.00 e. The average molecular weight is 306 g/mol. The van der Waals surface area contributed by atoms with Crippen LogP contribution in [0.5, 0.6) is 0 Å². The molecule has 2 atom stereocenters. The summed E-state index contributed by atoms with van der Waals surface area (Å²) < 4.78 is 1.85. The molecule has 0 bridgehead atoms. The van der Waals surface area contributed by atoms with E-state index >= 15 is 0 Å². The van der Waals surface area contributed by atoms with E-state index < -0.39 is 5.60 Å². The number of nitrogens with one attached hydrogen (secondary N) is 1. The third-order valence-electron chi connectivity index (χ3n) is 4.29. The lowest BCUT2D eigenvalue weighted by Crippen LogP contribution is -3.04. The Hall–Kier alpha value is -1.76. The SMILES string of the molecule is Cn1ncc2c1CCCC2(O)C1=C2C=NC=C[NH+]2C=N1.[Cl-]. The standard InChI is InChI=1S/C14H15N5O.ClH/c1-18-11-3-2-4-14(20,10(11)7-17-18)13-12-8-15-5-6-19(12)9-16-13;/h5-9,20H,2-4H2,1H3;1H. The topological polar surface area (TPSA) is 67.2 Å². The Bertz CT molecular complexity index is 702. The molecule has 3 heterocycles. The lowest BCUT2D eigenvalue weighted by Gasteiger charge is -2.31. The van der Waals surface area contributed by atoms with Gasteiger partial charge in [0.2, 0.25) is 0 Å². The van der Waals surface area contributed by atoms with Crippen molar-refractivity contribution in [3.63, 3.8) is 0 Å².